The molecule has 6 heteroatoms. The van der Waals surface area contributed by atoms with E-state index in [0.29, 0.717) is 33.8 Å². The van der Waals surface area contributed by atoms with Gasteiger partial charge in [0, 0.05) is 34.9 Å². The molecule has 4 aliphatic rings. The Morgan fingerprint density at radius 2 is 1.75 bits per heavy atom. The molecule has 2 aromatic rings. The first kappa shape index (κ1) is 18.5. The van der Waals surface area contributed by atoms with Crippen molar-refractivity contribution in [2.75, 3.05) is 0 Å². The topological polar surface area (TPSA) is 48.2 Å². The van der Waals surface area contributed by atoms with Crippen molar-refractivity contribution in [3.63, 3.8) is 0 Å². The van der Waals surface area contributed by atoms with Crippen LogP contribution in [0.2, 0.25) is 10.0 Å². The maximum absolute atomic E-state index is 6.58. The number of hydrogen-bond donors (Lipinski definition) is 0. The van der Waals surface area contributed by atoms with Gasteiger partial charge < -0.3 is 9.26 Å². The van der Waals surface area contributed by atoms with Crippen molar-refractivity contribution in [2.45, 2.75) is 69.5 Å². The summed E-state index contributed by atoms with van der Waals surface area (Å²) in [7, 11) is 0. The van der Waals surface area contributed by atoms with Gasteiger partial charge in [-0.3, -0.25) is 4.98 Å². The summed E-state index contributed by atoms with van der Waals surface area (Å²) in [5, 5.41) is 5.28. The highest BCUT2D eigenvalue weighted by Gasteiger charge is 2.49. The molecule has 0 amide bonds. The lowest BCUT2D eigenvalue weighted by Gasteiger charge is -2.50. The first-order valence-corrected chi connectivity index (χ1v) is 10.7. The highest BCUT2D eigenvalue weighted by Crippen LogP contribution is 2.54. The Morgan fingerprint density at radius 1 is 1.11 bits per heavy atom. The van der Waals surface area contributed by atoms with Crippen molar-refractivity contribution in [1.82, 2.24) is 10.1 Å². The number of rotatable bonds is 5. The predicted octanol–water partition coefficient (Wildman–Crippen LogP) is 6.16. The number of pyridine rings is 1. The van der Waals surface area contributed by atoms with Crippen LogP contribution in [0.15, 0.2) is 16.9 Å². The molecule has 2 aromatic heterocycles. The summed E-state index contributed by atoms with van der Waals surface area (Å²) in [6.07, 6.45) is 17.4. The van der Waals surface area contributed by atoms with Gasteiger partial charge >= 0.3 is 0 Å². The fourth-order valence-corrected chi connectivity index (χ4v) is 5.31. The van der Waals surface area contributed by atoms with E-state index in [9.17, 15) is 0 Å². The third-order valence-electron chi connectivity index (χ3n) is 6.86. The lowest BCUT2D eigenvalue weighted by molar-refractivity contribution is -0.131. The first-order valence-electron chi connectivity index (χ1n) is 9.94. The van der Waals surface area contributed by atoms with Gasteiger partial charge in [-0.2, -0.15) is 0 Å². The Morgan fingerprint density at radius 3 is 2.32 bits per heavy atom. The largest absolute Gasteiger partial charge is 0.370 e. The molecule has 0 aromatic carbocycles. The molecule has 0 atom stereocenters. The second-order valence-electron chi connectivity index (χ2n) is 8.52. The highest BCUT2D eigenvalue weighted by atomic mass is 35.5. The zero-order valence-corrected chi connectivity index (χ0v) is 17.2. The Hall–Kier alpha value is -1.54. The minimum Gasteiger partial charge on any atom is -0.370 e. The zero-order chi connectivity index (χ0) is 19.4. The van der Waals surface area contributed by atoms with E-state index in [1.165, 1.54) is 0 Å². The summed E-state index contributed by atoms with van der Waals surface area (Å²) < 4.78 is 12.3. The number of fused-ring (bicyclic) bond motifs is 3. The monoisotopic (exact) mass is 416 g/mol. The Bertz CT molecular complexity index is 913. The fraction of sp³-hybridized carbons (Fsp3) is 0.545. The number of ether oxygens (including phenoxy) is 1. The molecule has 0 N–H and O–H groups in total. The summed E-state index contributed by atoms with van der Waals surface area (Å²) in [5.74, 6) is 4.39. The molecule has 2 bridgehead atoms. The number of hydrogen-bond acceptors (Lipinski definition) is 4. The van der Waals surface area contributed by atoms with Crippen LogP contribution >= 0.6 is 23.2 Å². The smallest absolute Gasteiger partial charge is 0.145 e. The number of aromatic nitrogens is 2. The molecular formula is C22H22Cl2N2O2. The van der Waals surface area contributed by atoms with Crippen molar-refractivity contribution >= 4 is 23.2 Å². The minimum atomic E-state index is -0.0835. The van der Waals surface area contributed by atoms with E-state index in [-0.39, 0.29) is 11.0 Å². The van der Waals surface area contributed by atoms with Crippen LogP contribution in [0.3, 0.4) is 0 Å². The maximum Gasteiger partial charge on any atom is 0.145 e. The molecule has 0 radical (unpaired) electrons. The van der Waals surface area contributed by atoms with Crippen molar-refractivity contribution in [1.29, 1.82) is 0 Å². The number of terminal acetylenes is 1. The predicted molar refractivity (Wildman–Crippen MR) is 108 cm³/mol. The van der Waals surface area contributed by atoms with Crippen molar-refractivity contribution in [3.8, 4) is 23.6 Å². The number of halogens is 2. The molecular weight excluding hydrogens is 395 g/mol. The van der Waals surface area contributed by atoms with Gasteiger partial charge in [-0.1, -0.05) is 34.3 Å². The molecule has 146 valence electrons. The van der Waals surface area contributed by atoms with Gasteiger partial charge in [-0.05, 0) is 51.4 Å². The summed E-state index contributed by atoms with van der Waals surface area (Å²) in [6, 6.07) is 0. The van der Waals surface area contributed by atoms with Crippen LogP contribution in [0, 0.1) is 17.8 Å². The Kier molecular flexibility index (Phi) is 4.46. The molecule has 4 saturated carbocycles. The zero-order valence-electron chi connectivity index (χ0n) is 15.6. The van der Waals surface area contributed by atoms with E-state index < -0.39 is 0 Å². The van der Waals surface area contributed by atoms with Gasteiger partial charge in [0.15, 0.2) is 0 Å². The lowest BCUT2D eigenvalue weighted by atomic mass is 9.59. The SMILES string of the molecule is C#CC12CCC(OCc3c(-c4c(Cl)cncc4Cl)noc3C3CC3)(CC1)CC2. The van der Waals surface area contributed by atoms with Gasteiger partial charge in [0.25, 0.3) is 0 Å². The van der Waals surface area contributed by atoms with E-state index in [2.05, 4.69) is 16.1 Å². The van der Waals surface area contributed by atoms with E-state index in [0.717, 1.165) is 62.7 Å². The van der Waals surface area contributed by atoms with Crippen LogP contribution in [0.1, 0.15) is 68.6 Å². The third kappa shape index (κ3) is 3.05. The summed E-state index contributed by atoms with van der Waals surface area (Å²) in [6.45, 7) is 0.461. The van der Waals surface area contributed by atoms with Crippen LogP contribution in [0.4, 0.5) is 0 Å². The van der Waals surface area contributed by atoms with Crippen LogP contribution in [-0.4, -0.2) is 15.7 Å². The standard InChI is InChI=1S/C22H22Cl2N2O2/c1-2-21-5-8-22(9-6-21,10-7-21)27-13-15-19(26-28-20(15)14-3-4-14)18-16(23)11-25-12-17(18)24/h1,11-12,14H,3-10,13H2. The average molecular weight is 417 g/mol. The molecule has 0 saturated heterocycles. The molecule has 6 rings (SSSR count). The van der Waals surface area contributed by atoms with E-state index in [4.69, 9.17) is 38.9 Å². The Labute approximate surface area is 174 Å². The molecule has 4 nitrogen and oxygen atoms in total. The average Bonchev–Trinajstić information content (AvgIpc) is 3.48. The van der Waals surface area contributed by atoms with Crippen LogP contribution in [-0.2, 0) is 11.3 Å². The first-order chi connectivity index (χ1) is 13.5. The fourth-order valence-electron chi connectivity index (χ4n) is 4.77. The van der Waals surface area contributed by atoms with E-state index in [1.54, 1.807) is 12.4 Å². The number of nitrogens with zero attached hydrogens (tertiary/aromatic N) is 2. The minimum absolute atomic E-state index is 0.0835. The summed E-state index contributed by atoms with van der Waals surface area (Å²) >= 11 is 12.8. The normalized spacial score (nSPS) is 29.0. The molecule has 0 unspecified atom stereocenters. The molecule has 4 fully saturated rings. The van der Waals surface area contributed by atoms with Gasteiger partial charge in [0.2, 0.25) is 0 Å². The summed E-state index contributed by atoms with van der Waals surface area (Å²) in [4.78, 5) is 4.05. The van der Waals surface area contributed by atoms with Gasteiger partial charge in [-0.15, -0.1) is 6.42 Å². The van der Waals surface area contributed by atoms with E-state index >= 15 is 0 Å². The molecule has 4 aliphatic carbocycles. The van der Waals surface area contributed by atoms with Crippen molar-refractivity contribution < 1.29 is 9.26 Å². The van der Waals surface area contributed by atoms with Crippen LogP contribution in [0.5, 0.6) is 0 Å². The second-order valence-corrected chi connectivity index (χ2v) is 9.34. The second kappa shape index (κ2) is 6.76. The molecule has 0 spiro atoms. The quantitative estimate of drug-likeness (QED) is 0.547. The Balaban J connectivity index is 1.44. The van der Waals surface area contributed by atoms with E-state index in [1.807, 2.05) is 0 Å². The third-order valence-corrected chi connectivity index (χ3v) is 7.44. The molecule has 28 heavy (non-hydrogen) atoms. The van der Waals surface area contributed by atoms with Crippen LogP contribution < -0.4 is 0 Å². The van der Waals surface area contributed by atoms with Crippen LogP contribution in [0.25, 0.3) is 11.3 Å². The van der Waals surface area contributed by atoms with Crippen molar-refractivity contribution in [3.05, 3.63) is 33.8 Å². The highest BCUT2D eigenvalue weighted by molar-refractivity contribution is 6.38. The van der Waals surface area contributed by atoms with Gasteiger partial charge in [0.05, 0.1) is 22.3 Å². The van der Waals surface area contributed by atoms with Crippen molar-refractivity contribution in [2.24, 2.45) is 5.41 Å². The molecule has 0 aliphatic heterocycles. The maximum atomic E-state index is 6.58. The van der Waals surface area contributed by atoms with Gasteiger partial charge in [-0.25, -0.2) is 0 Å². The lowest BCUT2D eigenvalue weighted by Crippen LogP contribution is -2.47. The summed E-state index contributed by atoms with van der Waals surface area (Å²) in [5.41, 5.74) is 2.35. The van der Waals surface area contributed by atoms with Gasteiger partial charge in [0.1, 0.15) is 11.5 Å². The molecule has 2 heterocycles.